The molecule has 18 heavy (non-hydrogen) atoms. The quantitative estimate of drug-likeness (QED) is 0.898. The van der Waals surface area contributed by atoms with E-state index in [1.165, 1.54) is 5.56 Å². The average Bonchev–Trinajstić information content (AvgIpc) is 2.30. The van der Waals surface area contributed by atoms with Crippen LogP contribution in [0.3, 0.4) is 0 Å². The second-order valence-electron chi connectivity index (χ2n) is 5.43. The fraction of sp³-hybridized carbons (Fsp3) is 0.600. The van der Waals surface area contributed by atoms with Gasteiger partial charge in [-0.3, -0.25) is 0 Å². The van der Waals surface area contributed by atoms with Crippen LogP contribution in [-0.2, 0) is 0 Å². The van der Waals surface area contributed by atoms with Gasteiger partial charge in [0.1, 0.15) is 5.75 Å². The third kappa shape index (κ3) is 3.18. The normalized spacial score (nSPS) is 24.3. The van der Waals surface area contributed by atoms with Crippen LogP contribution in [0, 0.1) is 5.92 Å². The molecule has 0 bridgehead atoms. The van der Waals surface area contributed by atoms with Gasteiger partial charge in [-0.1, -0.05) is 24.6 Å². The van der Waals surface area contributed by atoms with Crippen molar-refractivity contribution in [2.75, 3.05) is 13.1 Å². The van der Waals surface area contributed by atoms with Crippen LogP contribution in [0.4, 0.5) is 0 Å². The van der Waals surface area contributed by atoms with E-state index in [0.717, 1.165) is 30.3 Å². The maximum absolute atomic E-state index is 6.41. The molecular weight excluding hydrogens is 246 g/mol. The predicted molar refractivity (Wildman–Crippen MR) is 76.6 cm³/mol. The fourth-order valence-corrected chi connectivity index (χ4v) is 2.94. The monoisotopic (exact) mass is 267 g/mol. The zero-order valence-electron chi connectivity index (χ0n) is 11.4. The van der Waals surface area contributed by atoms with Crippen LogP contribution in [0.15, 0.2) is 18.2 Å². The molecule has 0 unspecified atom stereocenters. The number of halogens is 1. The van der Waals surface area contributed by atoms with Crippen LogP contribution < -0.4 is 10.1 Å². The molecule has 0 amide bonds. The Hall–Kier alpha value is -0.730. The summed E-state index contributed by atoms with van der Waals surface area (Å²) in [5, 5.41) is 4.26. The molecule has 100 valence electrons. The first-order valence-electron chi connectivity index (χ1n) is 6.74. The second kappa shape index (κ2) is 5.94. The van der Waals surface area contributed by atoms with E-state index in [-0.39, 0.29) is 6.10 Å². The summed E-state index contributed by atoms with van der Waals surface area (Å²) >= 11 is 6.41. The average molecular weight is 268 g/mol. The second-order valence-corrected chi connectivity index (χ2v) is 5.83. The minimum Gasteiger partial charge on any atom is -0.491 e. The first-order chi connectivity index (χ1) is 8.58. The van der Waals surface area contributed by atoms with Gasteiger partial charge in [0, 0.05) is 5.02 Å². The molecule has 2 atom stereocenters. The molecule has 1 saturated heterocycles. The van der Waals surface area contributed by atoms with Gasteiger partial charge in [-0.15, -0.1) is 0 Å². The molecule has 1 aliphatic heterocycles. The van der Waals surface area contributed by atoms with Crippen molar-refractivity contribution in [3.05, 3.63) is 28.8 Å². The predicted octanol–water partition coefficient (Wildman–Crippen LogP) is 3.84. The Morgan fingerprint density at radius 1 is 1.39 bits per heavy atom. The molecule has 0 aromatic heterocycles. The largest absolute Gasteiger partial charge is 0.491 e. The minimum atomic E-state index is 0.185. The Balaban J connectivity index is 2.18. The highest BCUT2D eigenvalue weighted by Gasteiger charge is 2.24. The van der Waals surface area contributed by atoms with E-state index in [1.54, 1.807) is 0 Å². The van der Waals surface area contributed by atoms with Crippen molar-refractivity contribution in [3.8, 4) is 5.75 Å². The topological polar surface area (TPSA) is 21.3 Å². The lowest BCUT2D eigenvalue weighted by atomic mass is 9.82. The summed E-state index contributed by atoms with van der Waals surface area (Å²) in [6.45, 7) is 8.49. The molecule has 0 aliphatic carbocycles. The van der Waals surface area contributed by atoms with Crippen LogP contribution in [0.5, 0.6) is 5.75 Å². The summed E-state index contributed by atoms with van der Waals surface area (Å²) in [5.41, 5.74) is 1.27. The molecule has 2 nitrogen and oxygen atoms in total. The summed E-state index contributed by atoms with van der Waals surface area (Å²) in [4.78, 5) is 0. The van der Waals surface area contributed by atoms with E-state index in [0.29, 0.717) is 11.8 Å². The molecule has 1 N–H and O–H groups in total. The van der Waals surface area contributed by atoms with Gasteiger partial charge in [-0.25, -0.2) is 0 Å². The van der Waals surface area contributed by atoms with E-state index >= 15 is 0 Å². The Bertz CT molecular complexity index is 405. The number of nitrogens with one attached hydrogen (secondary N) is 1. The Labute approximate surface area is 115 Å². The van der Waals surface area contributed by atoms with E-state index < -0.39 is 0 Å². The van der Waals surface area contributed by atoms with Gasteiger partial charge in [-0.2, -0.15) is 0 Å². The molecule has 2 rings (SSSR count). The summed E-state index contributed by atoms with van der Waals surface area (Å²) < 4.78 is 5.67. The number of hydrogen-bond acceptors (Lipinski definition) is 2. The fourth-order valence-electron chi connectivity index (χ4n) is 2.63. The van der Waals surface area contributed by atoms with Gasteiger partial charge in [-0.05, 0) is 62.9 Å². The van der Waals surface area contributed by atoms with Crippen molar-refractivity contribution >= 4 is 11.6 Å². The van der Waals surface area contributed by atoms with Crippen molar-refractivity contribution in [2.24, 2.45) is 5.92 Å². The maximum Gasteiger partial charge on any atom is 0.121 e. The third-order valence-corrected chi connectivity index (χ3v) is 3.86. The van der Waals surface area contributed by atoms with Crippen molar-refractivity contribution in [1.29, 1.82) is 0 Å². The van der Waals surface area contributed by atoms with Crippen molar-refractivity contribution in [1.82, 2.24) is 5.32 Å². The molecule has 1 fully saturated rings. The Kier molecular flexibility index (Phi) is 4.52. The van der Waals surface area contributed by atoms with E-state index in [4.69, 9.17) is 16.3 Å². The molecule has 0 spiro atoms. The van der Waals surface area contributed by atoms with Crippen LogP contribution in [0.25, 0.3) is 0 Å². The van der Waals surface area contributed by atoms with E-state index in [1.807, 2.05) is 26.0 Å². The van der Waals surface area contributed by atoms with Gasteiger partial charge < -0.3 is 10.1 Å². The molecule has 0 saturated carbocycles. The summed E-state index contributed by atoms with van der Waals surface area (Å²) in [5.74, 6) is 2.06. The summed E-state index contributed by atoms with van der Waals surface area (Å²) in [6, 6.07) is 6.12. The highest BCUT2D eigenvalue weighted by Crippen LogP contribution is 2.36. The maximum atomic E-state index is 6.41. The van der Waals surface area contributed by atoms with Gasteiger partial charge >= 0.3 is 0 Å². The zero-order chi connectivity index (χ0) is 13.1. The van der Waals surface area contributed by atoms with E-state index in [9.17, 15) is 0 Å². The van der Waals surface area contributed by atoms with Crippen LogP contribution in [0.2, 0.25) is 5.02 Å². The lowest BCUT2D eigenvalue weighted by Crippen LogP contribution is -2.33. The number of rotatable bonds is 3. The van der Waals surface area contributed by atoms with Crippen LogP contribution in [0.1, 0.15) is 38.7 Å². The first-order valence-corrected chi connectivity index (χ1v) is 7.12. The summed E-state index contributed by atoms with van der Waals surface area (Å²) in [6.07, 6.45) is 1.34. The first kappa shape index (κ1) is 13.7. The number of benzene rings is 1. The molecule has 3 heteroatoms. The highest BCUT2D eigenvalue weighted by molar-refractivity contribution is 6.31. The van der Waals surface area contributed by atoms with Crippen LogP contribution >= 0.6 is 11.6 Å². The lowest BCUT2D eigenvalue weighted by molar-refractivity contribution is 0.242. The number of hydrogen-bond donors (Lipinski definition) is 1. The SMILES string of the molecule is CC(C)Oc1ccc([C@@H]2CCNC[C@@H]2C)c(Cl)c1. The van der Waals surface area contributed by atoms with Crippen molar-refractivity contribution in [3.63, 3.8) is 0 Å². The smallest absolute Gasteiger partial charge is 0.121 e. The van der Waals surface area contributed by atoms with Gasteiger partial charge in [0.2, 0.25) is 0 Å². The van der Waals surface area contributed by atoms with Gasteiger partial charge in [0.05, 0.1) is 6.10 Å². The Morgan fingerprint density at radius 2 is 2.17 bits per heavy atom. The molecule has 1 aromatic rings. The summed E-state index contributed by atoms with van der Waals surface area (Å²) in [7, 11) is 0. The molecular formula is C15H22ClNO. The Morgan fingerprint density at radius 3 is 2.78 bits per heavy atom. The number of piperidine rings is 1. The third-order valence-electron chi connectivity index (χ3n) is 3.53. The van der Waals surface area contributed by atoms with Gasteiger partial charge in [0.15, 0.2) is 0 Å². The molecule has 1 heterocycles. The van der Waals surface area contributed by atoms with Crippen LogP contribution in [-0.4, -0.2) is 19.2 Å². The molecule has 1 aromatic carbocycles. The standard InChI is InChI=1S/C15H22ClNO/c1-10(2)18-12-4-5-14(15(16)8-12)13-6-7-17-9-11(13)3/h4-5,8,10-11,13,17H,6-7,9H2,1-3H3/t11-,13+/m0/s1. The zero-order valence-corrected chi connectivity index (χ0v) is 12.1. The molecule has 0 radical (unpaired) electrons. The van der Waals surface area contributed by atoms with Crippen molar-refractivity contribution < 1.29 is 4.74 Å². The number of ether oxygens (including phenoxy) is 1. The lowest BCUT2D eigenvalue weighted by Gasteiger charge is -2.30. The molecule has 1 aliphatic rings. The van der Waals surface area contributed by atoms with Crippen molar-refractivity contribution in [2.45, 2.75) is 39.2 Å². The van der Waals surface area contributed by atoms with E-state index in [2.05, 4.69) is 18.3 Å². The van der Waals surface area contributed by atoms with Gasteiger partial charge in [0.25, 0.3) is 0 Å². The highest BCUT2D eigenvalue weighted by atomic mass is 35.5. The minimum absolute atomic E-state index is 0.185.